The molecule has 0 saturated carbocycles. The highest BCUT2D eigenvalue weighted by Crippen LogP contribution is 2.35. The number of aryl methyl sites for hydroxylation is 1. The van der Waals surface area contributed by atoms with Crippen LogP contribution < -0.4 is 0 Å². The molecule has 1 amide bonds. The second-order valence-corrected chi connectivity index (χ2v) is 8.10. The third-order valence-corrected chi connectivity index (χ3v) is 5.99. The Kier molecular flexibility index (Phi) is 5.02. The van der Waals surface area contributed by atoms with Gasteiger partial charge in [0.1, 0.15) is 17.4 Å². The lowest BCUT2D eigenvalue weighted by molar-refractivity contribution is -0.131. The number of hydrogen-bond acceptors (Lipinski definition) is 3. The highest BCUT2D eigenvalue weighted by molar-refractivity contribution is 5.82. The minimum atomic E-state index is -0.299. The third kappa shape index (κ3) is 3.83. The number of aromatic nitrogens is 1. The molecule has 0 spiro atoms. The van der Waals surface area contributed by atoms with Gasteiger partial charge in [-0.15, -0.1) is 0 Å². The molecule has 5 rings (SSSR count). The monoisotopic (exact) mass is 414 g/mol. The number of nitrogens with zero attached hydrogens (tertiary/aromatic N) is 2. The summed E-state index contributed by atoms with van der Waals surface area (Å²) in [7, 11) is 0. The van der Waals surface area contributed by atoms with E-state index in [1.807, 2.05) is 35.2 Å². The smallest absolute Gasteiger partial charge is 0.227 e. The topological polar surface area (TPSA) is 46.3 Å². The second kappa shape index (κ2) is 7.99. The van der Waals surface area contributed by atoms with Crippen LogP contribution in [0.3, 0.4) is 0 Å². The van der Waals surface area contributed by atoms with E-state index in [0.29, 0.717) is 12.4 Å². The van der Waals surface area contributed by atoms with Gasteiger partial charge in [0.2, 0.25) is 11.8 Å². The van der Waals surface area contributed by atoms with Crippen LogP contribution in [0.1, 0.15) is 35.9 Å². The molecular weight excluding hydrogens is 391 g/mol. The fourth-order valence-corrected chi connectivity index (χ4v) is 4.35. The number of halogens is 1. The fourth-order valence-electron chi connectivity index (χ4n) is 4.35. The van der Waals surface area contributed by atoms with Crippen molar-refractivity contribution in [3.63, 3.8) is 0 Å². The maximum atomic E-state index is 13.2. The summed E-state index contributed by atoms with van der Waals surface area (Å²) in [5.74, 6) is 0.297. The Morgan fingerprint density at radius 3 is 2.74 bits per heavy atom. The lowest BCUT2D eigenvalue weighted by atomic mass is 10.0. The van der Waals surface area contributed by atoms with Gasteiger partial charge in [-0.25, -0.2) is 9.37 Å². The molecule has 1 saturated heterocycles. The lowest BCUT2D eigenvalue weighted by Gasteiger charge is -2.22. The Bertz CT molecular complexity index is 1250. The average molecular weight is 414 g/mol. The van der Waals surface area contributed by atoms with Gasteiger partial charge in [0.25, 0.3) is 0 Å². The van der Waals surface area contributed by atoms with E-state index in [1.54, 1.807) is 12.1 Å². The molecular formula is C26H23FN2O2. The molecule has 0 N–H and O–H groups in total. The van der Waals surface area contributed by atoms with Crippen molar-refractivity contribution in [1.29, 1.82) is 0 Å². The summed E-state index contributed by atoms with van der Waals surface area (Å²) in [4.78, 5) is 19.5. The number of oxazole rings is 1. The number of benzene rings is 3. The number of fused-ring (bicyclic) bond motifs is 1. The van der Waals surface area contributed by atoms with Gasteiger partial charge in [0, 0.05) is 6.54 Å². The summed E-state index contributed by atoms with van der Waals surface area (Å²) < 4.78 is 19.2. The quantitative estimate of drug-likeness (QED) is 0.421. The Labute approximate surface area is 180 Å². The summed E-state index contributed by atoms with van der Waals surface area (Å²) in [6, 6.07) is 20.2. The van der Waals surface area contributed by atoms with Crippen molar-refractivity contribution < 1.29 is 13.6 Å². The summed E-state index contributed by atoms with van der Waals surface area (Å²) in [5.41, 5.74) is 5.81. The highest BCUT2D eigenvalue weighted by atomic mass is 19.1. The van der Waals surface area contributed by atoms with Gasteiger partial charge in [-0.1, -0.05) is 42.5 Å². The first-order valence-electron chi connectivity index (χ1n) is 10.6. The highest BCUT2D eigenvalue weighted by Gasteiger charge is 2.33. The van der Waals surface area contributed by atoms with E-state index in [0.717, 1.165) is 35.1 Å². The number of rotatable bonds is 4. The Morgan fingerprint density at radius 1 is 1.13 bits per heavy atom. The number of likely N-dealkylation sites (tertiary alicyclic amines) is 1. The Balaban J connectivity index is 1.40. The number of hydrogen-bond donors (Lipinski definition) is 0. The van der Waals surface area contributed by atoms with Crippen LogP contribution in [0.2, 0.25) is 0 Å². The Hall–Kier alpha value is -3.47. The molecule has 1 unspecified atom stereocenters. The first-order valence-corrected chi connectivity index (χ1v) is 10.6. The Morgan fingerprint density at radius 2 is 1.94 bits per heavy atom. The minimum absolute atomic E-state index is 0.0111. The van der Waals surface area contributed by atoms with E-state index in [1.165, 1.54) is 23.3 Å². The van der Waals surface area contributed by atoms with E-state index in [2.05, 4.69) is 19.1 Å². The molecule has 0 radical (unpaired) electrons. The van der Waals surface area contributed by atoms with Crippen LogP contribution in [-0.2, 0) is 11.2 Å². The van der Waals surface area contributed by atoms with Crippen molar-refractivity contribution in [2.24, 2.45) is 0 Å². The van der Waals surface area contributed by atoms with Crippen LogP contribution in [-0.4, -0.2) is 22.3 Å². The SMILES string of the molecule is Cc1ccccc1-c1ccc2oc(C3CCCN3C(=O)Cc3ccc(F)cc3)nc2c1. The number of carbonyl (C=O) groups is 1. The predicted molar refractivity (Wildman–Crippen MR) is 118 cm³/mol. The normalized spacial score (nSPS) is 16.2. The zero-order valence-corrected chi connectivity index (χ0v) is 17.3. The van der Waals surface area contributed by atoms with Crippen LogP contribution >= 0.6 is 0 Å². The number of carbonyl (C=O) groups excluding carboxylic acids is 1. The van der Waals surface area contributed by atoms with E-state index in [4.69, 9.17) is 9.40 Å². The van der Waals surface area contributed by atoms with Crippen LogP contribution in [0.25, 0.3) is 22.2 Å². The second-order valence-electron chi connectivity index (χ2n) is 8.10. The largest absolute Gasteiger partial charge is 0.438 e. The van der Waals surface area contributed by atoms with E-state index in [9.17, 15) is 9.18 Å². The van der Waals surface area contributed by atoms with Crippen LogP contribution in [0.5, 0.6) is 0 Å². The molecule has 1 atom stereocenters. The van der Waals surface area contributed by atoms with Crippen molar-refractivity contribution >= 4 is 17.0 Å². The molecule has 0 aliphatic carbocycles. The molecule has 4 aromatic rings. The molecule has 0 bridgehead atoms. The van der Waals surface area contributed by atoms with E-state index < -0.39 is 0 Å². The molecule has 1 aromatic heterocycles. The molecule has 5 heteroatoms. The van der Waals surface area contributed by atoms with Gasteiger partial charge in [0.05, 0.1) is 6.42 Å². The van der Waals surface area contributed by atoms with E-state index >= 15 is 0 Å². The van der Waals surface area contributed by atoms with Crippen molar-refractivity contribution in [2.45, 2.75) is 32.2 Å². The molecule has 1 fully saturated rings. The van der Waals surface area contributed by atoms with Gasteiger partial charge in [-0.2, -0.15) is 0 Å². The molecule has 2 heterocycles. The van der Waals surface area contributed by atoms with Gasteiger partial charge in [-0.3, -0.25) is 4.79 Å². The molecule has 156 valence electrons. The maximum absolute atomic E-state index is 13.2. The first kappa shape index (κ1) is 19.5. The van der Waals surface area contributed by atoms with Gasteiger partial charge in [0.15, 0.2) is 5.58 Å². The van der Waals surface area contributed by atoms with Crippen LogP contribution in [0.15, 0.2) is 71.1 Å². The lowest BCUT2D eigenvalue weighted by Crippen LogP contribution is -2.32. The fraction of sp³-hybridized carbons (Fsp3) is 0.231. The van der Waals surface area contributed by atoms with Crippen LogP contribution in [0.4, 0.5) is 4.39 Å². The van der Waals surface area contributed by atoms with Gasteiger partial charge >= 0.3 is 0 Å². The molecule has 3 aromatic carbocycles. The van der Waals surface area contributed by atoms with Crippen molar-refractivity contribution in [1.82, 2.24) is 9.88 Å². The minimum Gasteiger partial charge on any atom is -0.438 e. The van der Waals surface area contributed by atoms with Crippen LogP contribution in [0, 0.1) is 12.7 Å². The molecule has 4 nitrogen and oxygen atoms in total. The first-order chi connectivity index (χ1) is 15.1. The summed E-state index contributed by atoms with van der Waals surface area (Å²) >= 11 is 0. The third-order valence-electron chi connectivity index (χ3n) is 5.99. The average Bonchev–Trinajstić information content (AvgIpc) is 3.42. The maximum Gasteiger partial charge on any atom is 0.227 e. The molecule has 1 aliphatic heterocycles. The summed E-state index contributed by atoms with van der Waals surface area (Å²) in [5, 5.41) is 0. The number of amides is 1. The van der Waals surface area contributed by atoms with Crippen molar-refractivity contribution in [3.05, 3.63) is 89.6 Å². The van der Waals surface area contributed by atoms with E-state index in [-0.39, 0.29) is 24.2 Å². The molecule has 31 heavy (non-hydrogen) atoms. The standard InChI is InChI=1S/C26H23FN2O2/c1-17-5-2-3-6-21(17)19-10-13-24-22(16-19)28-26(31-24)23-7-4-14-29(23)25(30)15-18-8-11-20(27)12-9-18/h2-3,5-6,8-13,16,23H,4,7,14-15H2,1H3. The zero-order chi connectivity index (χ0) is 21.4. The summed E-state index contributed by atoms with van der Waals surface area (Å²) in [6.07, 6.45) is 1.98. The summed E-state index contributed by atoms with van der Waals surface area (Å²) in [6.45, 7) is 2.77. The van der Waals surface area contributed by atoms with Crippen molar-refractivity contribution in [3.8, 4) is 11.1 Å². The van der Waals surface area contributed by atoms with Crippen molar-refractivity contribution in [2.75, 3.05) is 6.54 Å². The predicted octanol–water partition coefficient (Wildman–Crippen LogP) is 5.85. The van der Waals surface area contributed by atoms with Gasteiger partial charge in [-0.05, 0) is 66.3 Å². The zero-order valence-electron chi connectivity index (χ0n) is 17.3. The molecule has 1 aliphatic rings. The van der Waals surface area contributed by atoms with Gasteiger partial charge < -0.3 is 9.32 Å².